The Bertz CT molecular complexity index is 529. The summed E-state index contributed by atoms with van der Waals surface area (Å²) in [4.78, 5) is 4.82. The minimum absolute atomic E-state index is 0.0476. The largest absolute Gasteiger partial charge is 0.328 e. The Balaban J connectivity index is 2.14. The van der Waals surface area contributed by atoms with Gasteiger partial charge in [0.05, 0.1) is 6.20 Å². The fourth-order valence-electron chi connectivity index (χ4n) is 3.41. The van der Waals surface area contributed by atoms with E-state index < -0.39 is 0 Å². The number of nitrogens with one attached hydrogen (secondary N) is 1. The summed E-state index contributed by atoms with van der Waals surface area (Å²) in [6.45, 7) is 10.5. The second kappa shape index (κ2) is 8.41. The van der Waals surface area contributed by atoms with Crippen LogP contribution in [0.3, 0.4) is 0 Å². The van der Waals surface area contributed by atoms with Gasteiger partial charge in [-0.2, -0.15) is 5.10 Å². The summed E-state index contributed by atoms with van der Waals surface area (Å²) in [6, 6.07) is 2.70. The molecule has 23 heavy (non-hydrogen) atoms. The Morgan fingerprint density at radius 1 is 1.52 bits per heavy atom. The van der Waals surface area contributed by atoms with Gasteiger partial charge in [0.1, 0.15) is 6.17 Å². The molecule has 0 saturated heterocycles. The van der Waals surface area contributed by atoms with E-state index in [9.17, 15) is 0 Å². The van der Waals surface area contributed by atoms with Gasteiger partial charge in [0.25, 0.3) is 0 Å². The minimum Gasteiger partial charge on any atom is -0.328 e. The van der Waals surface area contributed by atoms with E-state index in [1.165, 1.54) is 5.71 Å². The summed E-state index contributed by atoms with van der Waals surface area (Å²) in [5.41, 5.74) is 7.18. The SMILES string of the molecule is C=CC(N[C@H]1CC[C@H](N)C1)n1nccc1/N=C(\C)C(CC)CC. The van der Waals surface area contributed by atoms with Crippen LogP contribution < -0.4 is 11.1 Å². The number of nitrogens with zero attached hydrogens (tertiary/aromatic N) is 3. The van der Waals surface area contributed by atoms with Gasteiger partial charge in [-0.25, -0.2) is 9.67 Å². The Morgan fingerprint density at radius 3 is 2.83 bits per heavy atom. The lowest BCUT2D eigenvalue weighted by molar-refractivity contribution is 0.382. The van der Waals surface area contributed by atoms with E-state index in [-0.39, 0.29) is 6.17 Å². The summed E-state index contributed by atoms with van der Waals surface area (Å²) in [5, 5.41) is 8.06. The van der Waals surface area contributed by atoms with Crippen LogP contribution in [0, 0.1) is 5.92 Å². The van der Waals surface area contributed by atoms with Crippen molar-refractivity contribution in [1.29, 1.82) is 0 Å². The Hall–Kier alpha value is -1.46. The molecular weight excluding hydrogens is 286 g/mol. The van der Waals surface area contributed by atoms with Crippen molar-refractivity contribution in [2.45, 2.75) is 71.1 Å². The first-order chi connectivity index (χ1) is 11.1. The maximum atomic E-state index is 6.01. The molecule has 3 N–H and O–H groups in total. The van der Waals surface area contributed by atoms with Crippen molar-refractivity contribution in [2.75, 3.05) is 0 Å². The molecule has 1 aromatic heterocycles. The molecule has 1 aromatic rings. The van der Waals surface area contributed by atoms with E-state index >= 15 is 0 Å². The zero-order chi connectivity index (χ0) is 16.8. The van der Waals surface area contributed by atoms with Crippen molar-refractivity contribution >= 4 is 11.5 Å². The highest BCUT2D eigenvalue weighted by molar-refractivity contribution is 5.86. The Labute approximate surface area is 140 Å². The summed E-state index contributed by atoms with van der Waals surface area (Å²) in [6.07, 6.45) is 9.08. The van der Waals surface area contributed by atoms with Crippen LogP contribution in [-0.4, -0.2) is 27.6 Å². The van der Waals surface area contributed by atoms with Gasteiger partial charge >= 0.3 is 0 Å². The van der Waals surface area contributed by atoms with Gasteiger partial charge in [-0.1, -0.05) is 26.5 Å². The summed E-state index contributed by atoms with van der Waals surface area (Å²) in [7, 11) is 0. The van der Waals surface area contributed by atoms with Gasteiger partial charge in [-0.15, -0.1) is 0 Å². The van der Waals surface area contributed by atoms with Crippen molar-refractivity contribution in [1.82, 2.24) is 15.1 Å². The van der Waals surface area contributed by atoms with Gasteiger partial charge in [0, 0.05) is 23.9 Å². The smallest absolute Gasteiger partial charge is 0.152 e. The first kappa shape index (κ1) is 17.9. The van der Waals surface area contributed by atoms with Crippen LogP contribution in [0.25, 0.3) is 0 Å². The second-order valence-electron chi connectivity index (χ2n) is 6.52. The van der Waals surface area contributed by atoms with Crippen LogP contribution in [0.15, 0.2) is 29.9 Å². The zero-order valence-electron chi connectivity index (χ0n) is 14.7. The van der Waals surface area contributed by atoms with Gasteiger partial charge in [0.2, 0.25) is 0 Å². The molecule has 2 rings (SSSR count). The number of nitrogens with two attached hydrogens (primary N) is 1. The molecular formula is C18H31N5. The quantitative estimate of drug-likeness (QED) is 0.569. The lowest BCUT2D eigenvalue weighted by Gasteiger charge is -2.22. The minimum atomic E-state index is -0.0476. The lowest BCUT2D eigenvalue weighted by atomic mass is 9.99. The lowest BCUT2D eigenvalue weighted by Crippen LogP contribution is -2.34. The fraction of sp³-hybridized carbons (Fsp3) is 0.667. The van der Waals surface area contributed by atoms with Gasteiger partial charge in [0.15, 0.2) is 5.82 Å². The third-order valence-electron chi connectivity index (χ3n) is 4.88. The van der Waals surface area contributed by atoms with E-state index in [0.717, 1.165) is 37.9 Å². The van der Waals surface area contributed by atoms with E-state index in [1.54, 1.807) is 6.20 Å². The summed E-state index contributed by atoms with van der Waals surface area (Å²) < 4.78 is 1.92. The first-order valence-corrected chi connectivity index (χ1v) is 8.81. The average molecular weight is 317 g/mol. The van der Waals surface area contributed by atoms with E-state index in [4.69, 9.17) is 10.7 Å². The highest BCUT2D eigenvalue weighted by atomic mass is 15.4. The Morgan fingerprint density at radius 2 is 2.26 bits per heavy atom. The molecule has 1 saturated carbocycles. The highest BCUT2D eigenvalue weighted by Gasteiger charge is 2.24. The number of aromatic nitrogens is 2. The van der Waals surface area contributed by atoms with Crippen LogP contribution in [0.2, 0.25) is 0 Å². The first-order valence-electron chi connectivity index (χ1n) is 8.81. The molecule has 1 unspecified atom stereocenters. The van der Waals surface area contributed by atoms with Crippen molar-refractivity contribution in [3.8, 4) is 0 Å². The molecule has 0 spiro atoms. The maximum Gasteiger partial charge on any atom is 0.152 e. The van der Waals surface area contributed by atoms with Crippen LogP contribution >= 0.6 is 0 Å². The average Bonchev–Trinajstić information content (AvgIpc) is 3.15. The van der Waals surface area contributed by atoms with Gasteiger partial charge in [-0.05, 0) is 44.9 Å². The second-order valence-corrected chi connectivity index (χ2v) is 6.52. The molecule has 5 nitrogen and oxygen atoms in total. The fourth-order valence-corrected chi connectivity index (χ4v) is 3.41. The van der Waals surface area contributed by atoms with Crippen LogP contribution in [-0.2, 0) is 0 Å². The van der Waals surface area contributed by atoms with Crippen molar-refractivity contribution in [2.24, 2.45) is 16.6 Å². The van der Waals surface area contributed by atoms with Crippen LogP contribution in [0.5, 0.6) is 0 Å². The Kier molecular flexibility index (Phi) is 6.54. The van der Waals surface area contributed by atoms with Crippen LogP contribution in [0.1, 0.15) is 59.0 Å². The predicted molar refractivity (Wildman–Crippen MR) is 97.1 cm³/mol. The standard InChI is InChI=1S/C18H31N5/c1-5-14(6-2)13(4)21-18-10-11-20-23(18)17(7-3)22-16-9-8-15(19)12-16/h7,10-11,14-17,22H,3,5-6,8-9,12,19H2,1-2,4H3/b21-13+/t15-,16-,17?/m0/s1. The number of hydrogen-bond donors (Lipinski definition) is 2. The zero-order valence-corrected chi connectivity index (χ0v) is 14.7. The molecule has 0 aromatic carbocycles. The van der Waals surface area contributed by atoms with E-state index in [2.05, 4.69) is 37.8 Å². The molecule has 5 heteroatoms. The number of aliphatic imine (C=N–C) groups is 1. The molecule has 1 aliphatic rings. The predicted octanol–water partition coefficient (Wildman–Crippen LogP) is 3.57. The van der Waals surface area contributed by atoms with E-state index in [1.807, 2.05) is 16.8 Å². The molecule has 1 aliphatic carbocycles. The summed E-state index contributed by atoms with van der Waals surface area (Å²) in [5.74, 6) is 1.41. The number of hydrogen-bond acceptors (Lipinski definition) is 4. The normalized spacial score (nSPS) is 23.4. The molecule has 128 valence electrons. The van der Waals surface area contributed by atoms with Gasteiger partial charge < -0.3 is 5.73 Å². The highest BCUT2D eigenvalue weighted by Crippen LogP contribution is 2.23. The van der Waals surface area contributed by atoms with Crippen molar-refractivity contribution < 1.29 is 0 Å². The molecule has 0 bridgehead atoms. The van der Waals surface area contributed by atoms with Crippen molar-refractivity contribution in [3.05, 3.63) is 24.9 Å². The summed E-state index contributed by atoms with van der Waals surface area (Å²) >= 11 is 0. The molecule has 0 radical (unpaired) electrons. The van der Waals surface area contributed by atoms with E-state index in [0.29, 0.717) is 18.0 Å². The molecule has 3 atom stereocenters. The number of rotatable bonds is 8. The third-order valence-corrected chi connectivity index (χ3v) is 4.88. The molecule has 0 amide bonds. The van der Waals surface area contributed by atoms with Gasteiger partial charge in [-0.3, -0.25) is 5.32 Å². The molecule has 1 fully saturated rings. The third kappa shape index (κ3) is 4.52. The molecule has 1 heterocycles. The molecule has 0 aliphatic heterocycles. The monoisotopic (exact) mass is 317 g/mol. The topological polar surface area (TPSA) is 68.2 Å². The van der Waals surface area contributed by atoms with Crippen LogP contribution in [0.4, 0.5) is 5.82 Å². The van der Waals surface area contributed by atoms with Crippen molar-refractivity contribution in [3.63, 3.8) is 0 Å². The maximum absolute atomic E-state index is 6.01.